The van der Waals surface area contributed by atoms with Gasteiger partial charge in [-0.05, 0) is 25.0 Å². The van der Waals surface area contributed by atoms with Gasteiger partial charge in [0.25, 0.3) is 5.91 Å². The Bertz CT molecular complexity index is 553. The van der Waals surface area contributed by atoms with E-state index in [1.807, 2.05) is 13.8 Å². The highest BCUT2D eigenvalue weighted by atomic mass is 35.5. The van der Waals surface area contributed by atoms with Crippen LogP contribution in [-0.4, -0.2) is 36.3 Å². The molecule has 0 unspecified atom stereocenters. The molecule has 0 atom stereocenters. The highest BCUT2D eigenvalue weighted by molar-refractivity contribution is 6.36. The summed E-state index contributed by atoms with van der Waals surface area (Å²) in [5.41, 5.74) is 0.000285. The minimum Gasteiger partial charge on any atom is -0.355 e. The number of hydrogen-bond donors (Lipinski definition) is 1. The van der Waals surface area contributed by atoms with E-state index in [4.69, 9.17) is 23.2 Å². The van der Waals surface area contributed by atoms with Crippen molar-refractivity contribution in [2.24, 2.45) is 0 Å². The van der Waals surface area contributed by atoms with Crippen LogP contribution in [0.1, 0.15) is 37.0 Å². The molecule has 7 heteroatoms. The molecule has 1 rings (SSSR count). The second kappa shape index (κ2) is 8.96. The van der Waals surface area contributed by atoms with Gasteiger partial charge in [0, 0.05) is 13.1 Å². The van der Waals surface area contributed by atoms with Crippen LogP contribution in [0, 0.1) is 5.82 Å². The molecular formula is C15H19Cl2FN2O2. The summed E-state index contributed by atoms with van der Waals surface area (Å²) in [7, 11) is 0. The number of halogens is 3. The molecule has 0 saturated carbocycles. The summed E-state index contributed by atoms with van der Waals surface area (Å²) in [6, 6.07) is 2.19. The molecule has 0 fully saturated rings. The lowest BCUT2D eigenvalue weighted by Crippen LogP contribution is -2.41. The third-order valence-corrected chi connectivity index (χ3v) is 3.53. The van der Waals surface area contributed by atoms with Crippen molar-refractivity contribution >= 4 is 35.0 Å². The van der Waals surface area contributed by atoms with Crippen molar-refractivity contribution in [3.05, 3.63) is 33.6 Å². The maximum atomic E-state index is 13.6. The molecular weight excluding hydrogens is 330 g/mol. The highest BCUT2D eigenvalue weighted by Gasteiger charge is 2.21. The molecule has 0 heterocycles. The van der Waals surface area contributed by atoms with Crippen molar-refractivity contribution < 1.29 is 14.0 Å². The van der Waals surface area contributed by atoms with Gasteiger partial charge in [-0.25, -0.2) is 4.39 Å². The molecule has 1 aromatic rings. The minimum absolute atomic E-state index is 0.000285. The Hall–Kier alpha value is -1.33. The monoisotopic (exact) mass is 348 g/mol. The first-order chi connectivity index (χ1) is 10.4. The smallest absolute Gasteiger partial charge is 0.255 e. The van der Waals surface area contributed by atoms with E-state index in [1.54, 1.807) is 0 Å². The molecule has 0 aliphatic heterocycles. The average Bonchev–Trinajstić information content (AvgIpc) is 2.47. The third kappa shape index (κ3) is 5.14. The largest absolute Gasteiger partial charge is 0.355 e. The van der Waals surface area contributed by atoms with Crippen molar-refractivity contribution in [2.45, 2.75) is 26.7 Å². The van der Waals surface area contributed by atoms with Gasteiger partial charge in [-0.2, -0.15) is 0 Å². The second-order valence-corrected chi connectivity index (χ2v) is 5.64. The maximum absolute atomic E-state index is 13.6. The predicted octanol–water partition coefficient (Wildman–Crippen LogP) is 3.51. The number of rotatable bonds is 7. The first kappa shape index (κ1) is 18.7. The number of nitrogens with zero attached hydrogens (tertiary/aromatic N) is 1. The molecule has 4 nitrogen and oxygen atoms in total. The summed E-state index contributed by atoms with van der Waals surface area (Å²) in [6.45, 7) is 4.65. The Morgan fingerprint density at radius 1 is 1.18 bits per heavy atom. The molecule has 0 spiro atoms. The Labute approximate surface area is 139 Å². The fourth-order valence-corrected chi connectivity index (χ4v) is 2.34. The van der Waals surface area contributed by atoms with Crippen LogP contribution in [0.5, 0.6) is 0 Å². The fourth-order valence-electron chi connectivity index (χ4n) is 1.87. The van der Waals surface area contributed by atoms with Crippen molar-refractivity contribution in [2.75, 3.05) is 19.6 Å². The average molecular weight is 349 g/mol. The van der Waals surface area contributed by atoms with Crippen molar-refractivity contribution in [1.29, 1.82) is 0 Å². The summed E-state index contributed by atoms with van der Waals surface area (Å²) in [5, 5.41) is 2.61. The number of amides is 2. The zero-order valence-electron chi connectivity index (χ0n) is 12.6. The van der Waals surface area contributed by atoms with Gasteiger partial charge in [-0.1, -0.05) is 37.0 Å². The quantitative estimate of drug-likeness (QED) is 0.766. The Morgan fingerprint density at radius 3 is 2.45 bits per heavy atom. The summed E-state index contributed by atoms with van der Waals surface area (Å²) < 4.78 is 13.6. The van der Waals surface area contributed by atoms with Crippen LogP contribution in [-0.2, 0) is 4.79 Å². The van der Waals surface area contributed by atoms with Crippen molar-refractivity contribution in [1.82, 2.24) is 10.2 Å². The molecule has 122 valence electrons. The first-order valence-corrected chi connectivity index (χ1v) is 7.86. The van der Waals surface area contributed by atoms with Crippen molar-refractivity contribution in [3.8, 4) is 0 Å². The predicted molar refractivity (Wildman–Crippen MR) is 85.9 cm³/mol. The number of carbonyl (C=O) groups is 2. The van der Waals surface area contributed by atoms with Gasteiger partial charge in [0.2, 0.25) is 5.91 Å². The number of benzene rings is 1. The molecule has 22 heavy (non-hydrogen) atoms. The summed E-state index contributed by atoms with van der Waals surface area (Å²) in [4.78, 5) is 25.6. The molecule has 1 aromatic carbocycles. The van der Waals surface area contributed by atoms with Gasteiger partial charge in [0.1, 0.15) is 5.82 Å². The molecule has 0 aliphatic rings. The van der Waals surface area contributed by atoms with Gasteiger partial charge in [-0.3, -0.25) is 9.59 Å². The molecule has 0 radical (unpaired) electrons. The molecule has 0 aliphatic carbocycles. The zero-order valence-corrected chi connectivity index (χ0v) is 14.1. The standard InChI is InChI=1S/C15H19Cl2FN2O2/c1-3-5-19-14(21)9-20(6-4-2)15(22)10-7-13(18)12(17)8-11(10)16/h7-8H,3-6,9H2,1-2H3,(H,19,21). The van der Waals surface area contributed by atoms with Crippen LogP contribution in [0.4, 0.5) is 4.39 Å². The first-order valence-electron chi connectivity index (χ1n) is 7.11. The van der Waals surface area contributed by atoms with Gasteiger partial charge in [0.05, 0.1) is 22.2 Å². The maximum Gasteiger partial charge on any atom is 0.255 e. The van der Waals surface area contributed by atoms with E-state index in [9.17, 15) is 14.0 Å². The molecule has 2 amide bonds. The van der Waals surface area contributed by atoms with Gasteiger partial charge in [-0.15, -0.1) is 0 Å². The van der Waals surface area contributed by atoms with Gasteiger partial charge in [0.15, 0.2) is 0 Å². The van der Waals surface area contributed by atoms with Crippen LogP contribution >= 0.6 is 23.2 Å². The highest BCUT2D eigenvalue weighted by Crippen LogP contribution is 2.25. The van der Waals surface area contributed by atoms with Crippen LogP contribution < -0.4 is 5.32 Å². The minimum atomic E-state index is -0.721. The lowest BCUT2D eigenvalue weighted by Gasteiger charge is -2.22. The van der Waals surface area contributed by atoms with Gasteiger partial charge >= 0.3 is 0 Å². The molecule has 0 aromatic heterocycles. The lowest BCUT2D eigenvalue weighted by molar-refractivity contribution is -0.121. The Kier molecular flexibility index (Phi) is 7.62. The van der Waals surface area contributed by atoms with E-state index < -0.39 is 11.7 Å². The van der Waals surface area contributed by atoms with Crippen LogP contribution in [0.25, 0.3) is 0 Å². The normalized spacial score (nSPS) is 10.4. The van der Waals surface area contributed by atoms with E-state index in [2.05, 4.69) is 5.32 Å². The van der Waals surface area contributed by atoms with E-state index in [0.717, 1.165) is 12.5 Å². The number of carbonyl (C=O) groups excluding carboxylic acids is 2. The Morgan fingerprint density at radius 2 is 1.86 bits per heavy atom. The number of nitrogens with one attached hydrogen (secondary N) is 1. The molecule has 0 saturated heterocycles. The van der Waals surface area contributed by atoms with E-state index >= 15 is 0 Å². The van der Waals surface area contributed by atoms with Crippen LogP contribution in [0.2, 0.25) is 10.0 Å². The fraction of sp³-hybridized carbons (Fsp3) is 0.467. The summed E-state index contributed by atoms with van der Waals surface area (Å²) in [5.74, 6) is -1.47. The SMILES string of the molecule is CCCNC(=O)CN(CCC)C(=O)c1cc(F)c(Cl)cc1Cl. The Balaban J connectivity index is 2.93. The third-order valence-electron chi connectivity index (χ3n) is 2.93. The summed E-state index contributed by atoms with van der Waals surface area (Å²) in [6.07, 6.45) is 1.47. The molecule has 1 N–H and O–H groups in total. The molecule has 0 bridgehead atoms. The number of hydrogen-bond acceptors (Lipinski definition) is 2. The van der Waals surface area contributed by atoms with E-state index in [0.29, 0.717) is 19.5 Å². The second-order valence-electron chi connectivity index (χ2n) is 4.82. The van der Waals surface area contributed by atoms with Crippen LogP contribution in [0.3, 0.4) is 0 Å². The topological polar surface area (TPSA) is 49.4 Å². The zero-order chi connectivity index (χ0) is 16.7. The summed E-state index contributed by atoms with van der Waals surface area (Å²) >= 11 is 11.6. The van der Waals surface area contributed by atoms with Crippen LogP contribution in [0.15, 0.2) is 12.1 Å². The lowest BCUT2D eigenvalue weighted by atomic mass is 10.2. The van der Waals surface area contributed by atoms with Crippen molar-refractivity contribution in [3.63, 3.8) is 0 Å². The van der Waals surface area contributed by atoms with E-state index in [1.165, 1.54) is 11.0 Å². The van der Waals surface area contributed by atoms with Gasteiger partial charge < -0.3 is 10.2 Å². The van der Waals surface area contributed by atoms with E-state index in [-0.39, 0.29) is 28.1 Å².